The quantitative estimate of drug-likeness (QED) is 0.646. The maximum absolute atomic E-state index is 12.6. The molecule has 19 heavy (non-hydrogen) atoms. The van der Waals surface area contributed by atoms with Crippen molar-refractivity contribution in [2.45, 2.75) is 25.4 Å². The summed E-state index contributed by atoms with van der Waals surface area (Å²) >= 11 is 5.61. The number of halogens is 4. The molecule has 0 saturated carbocycles. The summed E-state index contributed by atoms with van der Waals surface area (Å²) in [6.45, 7) is 0.683. The van der Waals surface area contributed by atoms with Gasteiger partial charge in [0.15, 0.2) is 0 Å². The molecule has 1 heterocycles. The van der Waals surface area contributed by atoms with Gasteiger partial charge in [-0.3, -0.25) is 0 Å². The van der Waals surface area contributed by atoms with Crippen LogP contribution in [0, 0.1) is 0 Å². The minimum Gasteiger partial charge on any atom is -0.396 e. The molecule has 0 aromatic carbocycles. The number of rotatable bonds is 6. The number of nitrogens with zero attached hydrogens (tertiary/aromatic N) is 2. The first-order valence-electron chi connectivity index (χ1n) is 5.91. The number of unbranched alkanes of at least 4 members (excludes halogenated alkanes) is 2. The summed E-state index contributed by atoms with van der Waals surface area (Å²) < 4.78 is 37.9. The number of hydrogen-bond donors (Lipinski definition) is 1. The molecule has 0 fully saturated rings. The van der Waals surface area contributed by atoms with Crippen LogP contribution in [0.3, 0.4) is 0 Å². The largest absolute Gasteiger partial charge is 0.416 e. The smallest absolute Gasteiger partial charge is 0.396 e. The molecule has 1 aromatic heterocycles. The molecular formula is C12H16ClF3N2O. The highest BCUT2D eigenvalue weighted by Gasteiger charge is 2.31. The minimum absolute atomic E-state index is 0.122. The van der Waals surface area contributed by atoms with E-state index in [4.69, 9.17) is 16.7 Å². The highest BCUT2D eigenvalue weighted by atomic mass is 35.5. The number of aliphatic hydroxyl groups excluding tert-OH is 1. The molecule has 0 amide bonds. The van der Waals surface area contributed by atoms with E-state index >= 15 is 0 Å². The highest BCUT2D eigenvalue weighted by Crippen LogP contribution is 2.32. The van der Waals surface area contributed by atoms with Gasteiger partial charge in [0.1, 0.15) is 11.0 Å². The Labute approximate surface area is 115 Å². The van der Waals surface area contributed by atoms with Gasteiger partial charge >= 0.3 is 6.18 Å². The van der Waals surface area contributed by atoms with Crippen LogP contribution in [-0.4, -0.2) is 30.3 Å². The summed E-state index contributed by atoms with van der Waals surface area (Å²) in [6, 6.07) is 1.79. The lowest BCUT2D eigenvalue weighted by atomic mass is 10.2. The van der Waals surface area contributed by atoms with Gasteiger partial charge in [-0.05, 0) is 31.4 Å². The second-order valence-corrected chi connectivity index (χ2v) is 4.63. The molecule has 0 saturated heterocycles. The SMILES string of the molecule is CN(CCCCCO)c1cc(C(F)(F)F)cc(Cl)n1. The summed E-state index contributed by atoms with van der Waals surface area (Å²) in [5.41, 5.74) is -0.801. The van der Waals surface area contributed by atoms with Gasteiger partial charge in [-0.2, -0.15) is 13.2 Å². The van der Waals surface area contributed by atoms with E-state index in [0.29, 0.717) is 13.0 Å². The van der Waals surface area contributed by atoms with Crippen molar-refractivity contribution in [3.63, 3.8) is 0 Å². The van der Waals surface area contributed by atoms with Crippen LogP contribution in [0.4, 0.5) is 19.0 Å². The van der Waals surface area contributed by atoms with Gasteiger partial charge in [0, 0.05) is 20.2 Å². The summed E-state index contributed by atoms with van der Waals surface area (Å²) in [7, 11) is 1.66. The molecule has 0 aliphatic heterocycles. The van der Waals surface area contributed by atoms with Gasteiger partial charge < -0.3 is 10.0 Å². The summed E-state index contributed by atoms with van der Waals surface area (Å²) in [5, 5.41) is 8.47. The van der Waals surface area contributed by atoms with E-state index in [1.807, 2.05) is 0 Å². The molecule has 0 aliphatic carbocycles. The molecule has 0 unspecified atom stereocenters. The Morgan fingerprint density at radius 2 is 1.95 bits per heavy atom. The molecule has 0 radical (unpaired) electrons. The Morgan fingerprint density at radius 3 is 2.53 bits per heavy atom. The van der Waals surface area contributed by atoms with Gasteiger partial charge in [-0.25, -0.2) is 4.98 Å². The van der Waals surface area contributed by atoms with Crippen molar-refractivity contribution in [2.24, 2.45) is 0 Å². The molecule has 0 spiro atoms. The zero-order valence-corrected chi connectivity index (χ0v) is 11.3. The second-order valence-electron chi connectivity index (χ2n) is 4.24. The van der Waals surface area contributed by atoms with E-state index in [-0.39, 0.29) is 17.6 Å². The van der Waals surface area contributed by atoms with Crippen molar-refractivity contribution in [2.75, 3.05) is 25.1 Å². The maximum Gasteiger partial charge on any atom is 0.416 e. The summed E-state index contributed by atoms with van der Waals surface area (Å²) in [4.78, 5) is 5.51. The summed E-state index contributed by atoms with van der Waals surface area (Å²) in [6.07, 6.45) is -2.16. The Kier molecular flexibility index (Phi) is 5.87. The van der Waals surface area contributed by atoms with Crippen LogP contribution in [0.2, 0.25) is 5.15 Å². The van der Waals surface area contributed by atoms with E-state index in [0.717, 1.165) is 25.0 Å². The number of aliphatic hydroxyl groups is 1. The molecule has 1 rings (SSSR count). The van der Waals surface area contributed by atoms with Gasteiger partial charge in [-0.1, -0.05) is 11.6 Å². The Hall–Kier alpha value is -1.01. The molecule has 108 valence electrons. The van der Waals surface area contributed by atoms with Crippen LogP contribution in [-0.2, 0) is 6.18 Å². The van der Waals surface area contributed by atoms with Crippen LogP contribution < -0.4 is 4.90 Å². The van der Waals surface area contributed by atoms with Crippen LogP contribution >= 0.6 is 11.6 Å². The topological polar surface area (TPSA) is 36.4 Å². The Balaban J connectivity index is 2.74. The molecule has 0 atom stereocenters. The fraction of sp³-hybridized carbons (Fsp3) is 0.583. The van der Waals surface area contributed by atoms with Crippen molar-refractivity contribution < 1.29 is 18.3 Å². The van der Waals surface area contributed by atoms with Crippen LogP contribution in [0.15, 0.2) is 12.1 Å². The van der Waals surface area contributed by atoms with Crippen molar-refractivity contribution in [3.05, 3.63) is 22.8 Å². The lowest BCUT2D eigenvalue weighted by Crippen LogP contribution is -2.20. The number of aromatic nitrogens is 1. The third-order valence-corrected chi connectivity index (χ3v) is 2.84. The fourth-order valence-corrected chi connectivity index (χ4v) is 1.80. The van der Waals surface area contributed by atoms with Gasteiger partial charge in [0.05, 0.1) is 5.56 Å². The third-order valence-electron chi connectivity index (χ3n) is 2.65. The van der Waals surface area contributed by atoms with Crippen LogP contribution in [0.5, 0.6) is 0 Å². The highest BCUT2D eigenvalue weighted by molar-refractivity contribution is 6.29. The van der Waals surface area contributed by atoms with Crippen molar-refractivity contribution in [1.82, 2.24) is 4.98 Å². The normalized spacial score (nSPS) is 11.7. The molecule has 3 nitrogen and oxygen atoms in total. The van der Waals surface area contributed by atoms with Crippen molar-refractivity contribution in [3.8, 4) is 0 Å². The second kappa shape index (κ2) is 6.96. The van der Waals surface area contributed by atoms with E-state index in [1.165, 1.54) is 0 Å². The Bertz CT molecular complexity index is 412. The van der Waals surface area contributed by atoms with Gasteiger partial charge in [-0.15, -0.1) is 0 Å². The molecule has 1 aromatic rings. The van der Waals surface area contributed by atoms with E-state index < -0.39 is 11.7 Å². The first-order chi connectivity index (χ1) is 8.84. The minimum atomic E-state index is -4.43. The van der Waals surface area contributed by atoms with E-state index in [9.17, 15) is 13.2 Å². The maximum atomic E-state index is 12.6. The van der Waals surface area contributed by atoms with E-state index in [1.54, 1.807) is 11.9 Å². The van der Waals surface area contributed by atoms with Crippen molar-refractivity contribution in [1.29, 1.82) is 0 Å². The Morgan fingerprint density at radius 1 is 1.26 bits per heavy atom. The monoisotopic (exact) mass is 296 g/mol. The molecule has 0 aliphatic rings. The lowest BCUT2D eigenvalue weighted by molar-refractivity contribution is -0.137. The fourth-order valence-electron chi connectivity index (χ4n) is 1.59. The predicted octanol–water partition coefficient (Wildman–Crippen LogP) is 3.35. The molecule has 1 N–H and O–H groups in total. The zero-order valence-electron chi connectivity index (χ0n) is 10.5. The average molecular weight is 297 g/mol. The number of pyridine rings is 1. The lowest BCUT2D eigenvalue weighted by Gasteiger charge is -2.19. The van der Waals surface area contributed by atoms with Crippen molar-refractivity contribution >= 4 is 17.4 Å². The molecular weight excluding hydrogens is 281 g/mol. The van der Waals surface area contributed by atoms with Crippen LogP contribution in [0.1, 0.15) is 24.8 Å². The standard InChI is InChI=1S/C12H16ClF3N2O/c1-18(5-3-2-4-6-19)11-8-9(12(14,15)16)7-10(13)17-11/h7-8,19H,2-6H2,1H3. The molecule has 7 heteroatoms. The predicted molar refractivity (Wildman–Crippen MR) is 68.5 cm³/mol. The average Bonchev–Trinajstić information content (AvgIpc) is 2.32. The number of anilines is 1. The van der Waals surface area contributed by atoms with Gasteiger partial charge in [0.25, 0.3) is 0 Å². The first-order valence-corrected chi connectivity index (χ1v) is 6.29. The van der Waals surface area contributed by atoms with Gasteiger partial charge in [0.2, 0.25) is 0 Å². The molecule has 0 bridgehead atoms. The van der Waals surface area contributed by atoms with Crippen LogP contribution in [0.25, 0.3) is 0 Å². The number of alkyl halides is 3. The zero-order chi connectivity index (χ0) is 14.5. The third kappa shape index (κ3) is 5.24. The number of hydrogen-bond acceptors (Lipinski definition) is 3. The van der Waals surface area contributed by atoms with E-state index in [2.05, 4.69) is 4.98 Å². The first kappa shape index (κ1) is 16.0. The summed E-state index contributed by atoms with van der Waals surface area (Å²) in [5.74, 6) is 0.198.